The molecule has 424 valence electrons. The van der Waals surface area contributed by atoms with Gasteiger partial charge in [-0.2, -0.15) is 5.10 Å². The number of nitrogens with zero attached hydrogens (tertiary/aromatic N) is 4. The maximum Gasteiger partial charge on any atom is 0.341 e. The monoisotopic (exact) mass is 1100 g/mol. The van der Waals surface area contributed by atoms with E-state index >= 15 is 4.39 Å². The Morgan fingerprint density at radius 3 is 2.29 bits per heavy atom. The second kappa shape index (κ2) is 22.2. The fraction of sp³-hybridized carbons (Fsp3) is 0.474. The van der Waals surface area contributed by atoms with Crippen molar-refractivity contribution in [2.75, 3.05) is 44.6 Å². The van der Waals surface area contributed by atoms with Gasteiger partial charge in [0.2, 0.25) is 5.43 Å². The summed E-state index contributed by atoms with van der Waals surface area (Å²) < 4.78 is 47.6. The minimum absolute atomic E-state index is 0.0242. The Morgan fingerprint density at radius 1 is 0.962 bits per heavy atom. The van der Waals surface area contributed by atoms with Crippen LogP contribution in [-0.4, -0.2) is 141 Å². The molecule has 79 heavy (non-hydrogen) atoms. The fourth-order valence-corrected chi connectivity index (χ4v) is 11.1. The van der Waals surface area contributed by atoms with Gasteiger partial charge in [0.25, 0.3) is 11.7 Å². The van der Waals surface area contributed by atoms with Crippen LogP contribution in [0.15, 0.2) is 58.3 Å². The van der Waals surface area contributed by atoms with E-state index in [9.17, 15) is 54.6 Å². The van der Waals surface area contributed by atoms with Gasteiger partial charge < -0.3 is 69.1 Å². The third-order valence-electron chi connectivity index (χ3n) is 16.0. The summed E-state index contributed by atoms with van der Waals surface area (Å²) in [6.07, 6.45) is 7.35. The van der Waals surface area contributed by atoms with E-state index in [-0.39, 0.29) is 74.9 Å². The zero-order chi connectivity index (χ0) is 57.8. The highest BCUT2D eigenvalue weighted by molar-refractivity contribution is 6.24. The summed E-state index contributed by atoms with van der Waals surface area (Å²) >= 11 is 0. The zero-order valence-corrected chi connectivity index (χ0v) is 45.9. The van der Waals surface area contributed by atoms with E-state index in [0.29, 0.717) is 6.42 Å². The lowest BCUT2D eigenvalue weighted by Gasteiger charge is -2.38. The van der Waals surface area contributed by atoms with Crippen LogP contribution in [0.3, 0.4) is 0 Å². The lowest BCUT2D eigenvalue weighted by molar-refractivity contribution is -0.160. The smallest absolute Gasteiger partial charge is 0.341 e. The molecule has 5 bridgehead atoms. The number of phenols is 3. The predicted molar refractivity (Wildman–Crippen MR) is 290 cm³/mol. The van der Waals surface area contributed by atoms with Gasteiger partial charge in [0, 0.05) is 93.5 Å². The molecule has 1 saturated heterocycles. The van der Waals surface area contributed by atoms with Gasteiger partial charge in [0.1, 0.15) is 34.6 Å². The topological polar surface area (TPSA) is 289 Å². The number of likely N-dealkylation sites (N-methyl/N-ethyl adjacent to an activating group) is 1. The molecule has 3 aromatic carbocycles. The van der Waals surface area contributed by atoms with Crippen LogP contribution >= 0.6 is 0 Å². The fourth-order valence-electron chi connectivity index (χ4n) is 11.1. The number of phenolic OH excluding ortho intramolecular Hbond substituents is 3. The number of aromatic carboxylic acids is 1. The molecule has 4 aliphatic heterocycles. The van der Waals surface area contributed by atoms with Crippen LogP contribution in [0.4, 0.5) is 15.8 Å². The molecule has 1 saturated carbocycles. The number of aliphatic hydroxyl groups excluding tert-OH is 2. The van der Waals surface area contributed by atoms with Gasteiger partial charge in [-0.25, -0.2) is 9.18 Å². The molecule has 5 heterocycles. The molecule has 5 aliphatic rings. The van der Waals surface area contributed by atoms with Crippen LogP contribution in [0.25, 0.3) is 21.7 Å². The number of carbonyl (C=O) groups is 4. The molecular formula is C57H68FN5O16. The van der Waals surface area contributed by atoms with E-state index < -0.39 is 129 Å². The number of allylic oxidation sites excluding steroid dienone is 2. The van der Waals surface area contributed by atoms with Gasteiger partial charge >= 0.3 is 17.7 Å². The lowest BCUT2D eigenvalue weighted by Crippen LogP contribution is -2.46. The molecule has 0 radical (unpaired) electrons. The largest absolute Gasteiger partial charge is 0.507 e. The number of carbonyl (C=O) groups excluding carboxylic acids is 3. The highest BCUT2D eigenvalue weighted by Gasteiger charge is 2.50. The number of aromatic hydroxyl groups is 3. The summed E-state index contributed by atoms with van der Waals surface area (Å²) in [6, 6.07) is 0.454. The number of carboxylic acids is 1. The number of benzene rings is 3. The van der Waals surface area contributed by atoms with Gasteiger partial charge in [0.15, 0.2) is 17.3 Å². The van der Waals surface area contributed by atoms with Crippen molar-refractivity contribution in [1.29, 1.82) is 0 Å². The number of Topliss-reactive ketones (excluding diaryl/α,β-unsaturated/α-hetero) is 1. The van der Waals surface area contributed by atoms with Gasteiger partial charge in [-0.3, -0.25) is 24.2 Å². The number of carboxylic acid groups (broad SMARTS) is 1. The minimum atomic E-state index is -2.15. The van der Waals surface area contributed by atoms with Crippen molar-refractivity contribution >= 4 is 62.9 Å². The van der Waals surface area contributed by atoms with Crippen LogP contribution in [0.5, 0.6) is 28.7 Å². The highest BCUT2D eigenvalue weighted by atomic mass is 19.1. The molecule has 1 unspecified atom stereocenters. The first-order valence-electron chi connectivity index (χ1n) is 26.1. The number of amides is 1. The Kier molecular flexibility index (Phi) is 16.2. The van der Waals surface area contributed by atoms with E-state index in [0.717, 1.165) is 31.4 Å². The van der Waals surface area contributed by atoms with Gasteiger partial charge in [-0.05, 0) is 45.3 Å². The number of aromatic nitrogens is 1. The number of esters is 1. The summed E-state index contributed by atoms with van der Waals surface area (Å²) in [5, 5.41) is 77.4. The first-order chi connectivity index (χ1) is 37.3. The maximum atomic E-state index is 16.4. The Bertz CT molecular complexity index is 3330. The number of methoxy groups -OCH3 is 2. The summed E-state index contributed by atoms with van der Waals surface area (Å²) in [5.41, 5.74) is -1.95. The summed E-state index contributed by atoms with van der Waals surface area (Å²) in [4.78, 5) is 68.5. The number of ketones is 1. The van der Waals surface area contributed by atoms with E-state index in [1.54, 1.807) is 50.3 Å². The number of hydrogen-bond acceptors (Lipinski definition) is 18. The number of anilines is 2. The number of hydrazone groups is 1. The average Bonchev–Trinajstić information content (AvgIpc) is 4.33. The first kappa shape index (κ1) is 57.5. The minimum Gasteiger partial charge on any atom is -0.507 e. The quantitative estimate of drug-likeness (QED) is 0.0298. The Morgan fingerprint density at radius 2 is 1.66 bits per heavy atom. The van der Waals surface area contributed by atoms with E-state index in [1.165, 1.54) is 71.3 Å². The van der Waals surface area contributed by atoms with Crippen molar-refractivity contribution in [2.45, 2.75) is 117 Å². The molecule has 4 aromatic rings. The SMILES string of the molecule is COc1c(N2CCC(N(C)/N=C/c3c4c(O)c5c(O)c(C)c6c(c5c3O)C(=O)[C@@](C)(O/C=C/[C@H](OC)[C@@H](C)[C@@H](OC(C)=O)[C@H](C)[C@H](O)[C@H](C)[C@@H](O)[C@@H](C)/C=C/C=C(/C)C(=O)N4)O6)C2)c(F)cc2c(=O)c(C(=O)O)cn(C3CC3)c12. The number of aliphatic hydroxyl groups is 2. The van der Waals surface area contributed by atoms with Gasteiger partial charge in [-0.15, -0.1) is 0 Å². The summed E-state index contributed by atoms with van der Waals surface area (Å²) in [6.45, 7) is 12.7. The molecule has 1 aliphatic carbocycles. The third kappa shape index (κ3) is 10.4. The maximum absolute atomic E-state index is 16.4. The molecule has 1 aromatic heterocycles. The van der Waals surface area contributed by atoms with Crippen molar-refractivity contribution in [3.63, 3.8) is 0 Å². The molecule has 10 atom stereocenters. The summed E-state index contributed by atoms with van der Waals surface area (Å²) in [7, 11) is 4.36. The van der Waals surface area contributed by atoms with E-state index in [2.05, 4.69) is 10.4 Å². The van der Waals surface area contributed by atoms with Crippen LogP contribution in [0.1, 0.15) is 106 Å². The zero-order valence-electron chi connectivity index (χ0n) is 45.9. The standard InChI is InChI=1S/C57H68FN5O16/c1-25-13-12-14-26(2)55(72)60-42-35(22-59-61(9)33-17-19-62(23-33)44-37(58)21-34-43(53(44)76-11)63(32-15-16-32)24-36(48(34)68)56(73)74)49(69)39-40(50(42)70)47(67)30(6)52-41(39)54(71)57(8,79-52)77-20-18-38(75-10)27(3)51(78-31(7)64)29(5)46(66)28(4)45(25)65/h12-14,18,20-22,24-25,27-29,32-33,38,45-46,51,65-67,69-70H,15-17,19,23H2,1-11H3,(H,60,72)(H,73,74)/b13-12+,20-18+,26-14-,59-22+/t25-,27+,28+,29+,33?,38-,45-,46+,51+,57-/m0/s1. The van der Waals surface area contributed by atoms with Crippen LogP contribution < -0.4 is 25.1 Å². The van der Waals surface area contributed by atoms with Crippen LogP contribution in [0.2, 0.25) is 0 Å². The first-order valence-corrected chi connectivity index (χ1v) is 26.1. The normalized spacial score (nSPS) is 28.4. The van der Waals surface area contributed by atoms with Crippen molar-refractivity contribution < 1.29 is 77.9 Å². The molecule has 9 rings (SSSR count). The molecule has 1 amide bonds. The summed E-state index contributed by atoms with van der Waals surface area (Å²) in [5.74, 6) is -11.6. The Balaban J connectivity index is 1.21. The van der Waals surface area contributed by atoms with Crippen LogP contribution in [0, 0.1) is 36.4 Å². The molecule has 21 nitrogen and oxygen atoms in total. The number of fused-ring (bicyclic) bond motifs is 15. The van der Waals surface area contributed by atoms with E-state index in [1.807, 2.05) is 0 Å². The molecule has 2 fully saturated rings. The third-order valence-corrected chi connectivity index (χ3v) is 16.0. The predicted octanol–water partition coefficient (Wildman–Crippen LogP) is 6.79. The van der Waals surface area contributed by atoms with Crippen LogP contribution in [-0.2, 0) is 23.8 Å². The molecule has 22 heteroatoms. The number of rotatable bonds is 9. The highest BCUT2D eigenvalue weighted by Crippen LogP contribution is 2.55. The Labute approximate surface area is 454 Å². The van der Waals surface area contributed by atoms with Crippen molar-refractivity contribution in [2.24, 2.45) is 28.8 Å². The van der Waals surface area contributed by atoms with Gasteiger partial charge in [0.05, 0.1) is 77.0 Å². The van der Waals surface area contributed by atoms with Crippen molar-refractivity contribution in [3.05, 3.63) is 86.7 Å². The van der Waals surface area contributed by atoms with Gasteiger partial charge in [-0.1, -0.05) is 45.9 Å². The second-order valence-electron chi connectivity index (χ2n) is 21.3. The number of halogens is 1. The van der Waals surface area contributed by atoms with E-state index in [4.69, 9.17) is 23.7 Å². The number of pyridine rings is 1. The average molecular weight is 1100 g/mol. The number of hydrogen-bond donors (Lipinski definition) is 7. The molecular weight excluding hydrogens is 1030 g/mol. The van der Waals surface area contributed by atoms with Crippen molar-refractivity contribution in [3.8, 4) is 28.7 Å². The molecule has 0 spiro atoms. The second-order valence-corrected chi connectivity index (χ2v) is 21.3. The Hall–Kier alpha value is -7.69. The molecule has 7 N–H and O–H groups in total. The number of ether oxygens (including phenoxy) is 5. The number of nitrogens with one attached hydrogen (secondary N) is 1. The lowest BCUT2D eigenvalue weighted by atomic mass is 9.78. The van der Waals surface area contributed by atoms with Crippen molar-refractivity contribution in [1.82, 2.24) is 9.58 Å².